The highest BCUT2D eigenvalue weighted by Crippen LogP contribution is 2.35. The molecular weight excluding hydrogens is 248 g/mol. The molecule has 0 radical (unpaired) electrons. The van der Waals surface area contributed by atoms with Gasteiger partial charge in [0.05, 0.1) is 0 Å². The fourth-order valence-electron chi connectivity index (χ4n) is 2.28. The highest BCUT2D eigenvalue weighted by Gasteiger charge is 2.30. The lowest BCUT2D eigenvalue weighted by Gasteiger charge is -2.25. The van der Waals surface area contributed by atoms with Gasteiger partial charge in [0.25, 0.3) is 0 Å². The highest BCUT2D eigenvalue weighted by atomic mass is 16.5. The number of aromatic hydroxyl groups is 2. The Kier molecular flexibility index (Phi) is 3.74. The molecule has 1 aliphatic heterocycles. The Bertz CT molecular complexity index is 521. The van der Waals surface area contributed by atoms with Crippen LogP contribution >= 0.6 is 0 Å². The molecule has 0 amide bonds. The number of esters is 1. The summed E-state index contributed by atoms with van der Waals surface area (Å²) in [4.78, 5) is 22.7. The van der Waals surface area contributed by atoms with Crippen LogP contribution in [0.3, 0.4) is 0 Å². The molecule has 1 atom stereocenters. The maximum Gasteiger partial charge on any atom is 0.342 e. The molecule has 5 heteroatoms. The number of benzene rings is 1. The number of phenolic OH excluding ortho intramolecular Hbond substituents is 2. The van der Waals surface area contributed by atoms with Gasteiger partial charge in [-0.25, -0.2) is 4.79 Å². The van der Waals surface area contributed by atoms with Gasteiger partial charge in [0.2, 0.25) is 0 Å². The fourth-order valence-corrected chi connectivity index (χ4v) is 2.28. The lowest BCUT2D eigenvalue weighted by Crippen LogP contribution is -2.28. The van der Waals surface area contributed by atoms with Gasteiger partial charge >= 0.3 is 5.97 Å². The molecule has 1 aromatic carbocycles. The van der Waals surface area contributed by atoms with Gasteiger partial charge in [0.15, 0.2) is 0 Å². The van der Waals surface area contributed by atoms with Crippen LogP contribution in [-0.4, -0.2) is 28.1 Å². The maximum atomic E-state index is 11.8. The summed E-state index contributed by atoms with van der Waals surface area (Å²) in [6.07, 6.45) is 1.67. The Hall–Kier alpha value is -2.04. The molecule has 1 unspecified atom stereocenters. The van der Waals surface area contributed by atoms with Crippen molar-refractivity contribution >= 4 is 11.8 Å². The first-order valence-electron chi connectivity index (χ1n) is 6.23. The van der Waals surface area contributed by atoms with E-state index in [0.717, 1.165) is 0 Å². The molecule has 0 saturated carbocycles. The number of carbonyl (C=O) groups is 2. The first-order chi connectivity index (χ1) is 8.99. The van der Waals surface area contributed by atoms with Crippen molar-refractivity contribution in [1.82, 2.24) is 0 Å². The summed E-state index contributed by atoms with van der Waals surface area (Å²) < 4.78 is 5.21. The normalized spacial score (nSPS) is 17.7. The van der Waals surface area contributed by atoms with Crippen LogP contribution in [0.1, 0.15) is 42.1 Å². The molecule has 0 fully saturated rings. The largest absolute Gasteiger partial charge is 0.508 e. The van der Waals surface area contributed by atoms with E-state index in [1.165, 1.54) is 19.1 Å². The van der Waals surface area contributed by atoms with Crippen LogP contribution in [0.4, 0.5) is 0 Å². The number of hydrogen-bond donors (Lipinski definition) is 2. The van der Waals surface area contributed by atoms with Crippen LogP contribution in [0.15, 0.2) is 12.1 Å². The Balaban J connectivity index is 2.13. The van der Waals surface area contributed by atoms with Crippen LogP contribution < -0.4 is 0 Å². The molecule has 0 aromatic heterocycles. The minimum atomic E-state index is -0.623. The topological polar surface area (TPSA) is 83.8 Å². The number of carbonyl (C=O) groups excluding carboxylic acids is 2. The van der Waals surface area contributed by atoms with Gasteiger partial charge in [-0.15, -0.1) is 0 Å². The van der Waals surface area contributed by atoms with Gasteiger partial charge < -0.3 is 19.7 Å². The number of cyclic esters (lactones) is 1. The Morgan fingerprint density at radius 1 is 1.37 bits per heavy atom. The zero-order chi connectivity index (χ0) is 14.0. The summed E-state index contributed by atoms with van der Waals surface area (Å²) >= 11 is 0. The van der Waals surface area contributed by atoms with Crippen molar-refractivity contribution < 1.29 is 24.5 Å². The Morgan fingerprint density at radius 2 is 2.05 bits per heavy atom. The summed E-state index contributed by atoms with van der Waals surface area (Å²) in [5.74, 6) is -0.716. The second kappa shape index (κ2) is 5.30. The van der Waals surface area contributed by atoms with Gasteiger partial charge in [0.1, 0.15) is 28.9 Å². The van der Waals surface area contributed by atoms with Crippen molar-refractivity contribution in [2.24, 2.45) is 0 Å². The monoisotopic (exact) mass is 264 g/mol. The van der Waals surface area contributed by atoms with E-state index in [9.17, 15) is 19.8 Å². The predicted octanol–water partition coefficient (Wildman–Crippen LogP) is 1.94. The van der Waals surface area contributed by atoms with Crippen molar-refractivity contribution in [2.75, 3.05) is 0 Å². The number of fused-ring (bicyclic) bond motifs is 1. The number of ketones is 1. The Labute approximate surface area is 110 Å². The van der Waals surface area contributed by atoms with E-state index in [0.29, 0.717) is 31.2 Å². The van der Waals surface area contributed by atoms with Crippen LogP contribution in [0.25, 0.3) is 0 Å². The van der Waals surface area contributed by atoms with E-state index in [4.69, 9.17) is 4.74 Å². The minimum Gasteiger partial charge on any atom is -0.508 e. The lowest BCUT2D eigenvalue weighted by atomic mass is 9.94. The number of phenols is 2. The third-order valence-electron chi connectivity index (χ3n) is 3.23. The smallest absolute Gasteiger partial charge is 0.342 e. The number of hydrogen-bond acceptors (Lipinski definition) is 5. The quantitative estimate of drug-likeness (QED) is 0.641. The zero-order valence-electron chi connectivity index (χ0n) is 10.7. The molecular formula is C14H16O5. The average molecular weight is 264 g/mol. The number of Topliss-reactive ketones (excluding diaryl/α,β-unsaturated/α-hetero) is 1. The SMILES string of the molecule is CC(=O)CCCC1Cc2c(O)ccc(O)c2C(=O)O1. The zero-order valence-corrected chi connectivity index (χ0v) is 10.7. The molecule has 2 rings (SSSR count). The van der Waals surface area contributed by atoms with Crippen LogP contribution in [0.5, 0.6) is 11.5 Å². The van der Waals surface area contributed by atoms with Gasteiger partial charge in [0, 0.05) is 18.4 Å². The average Bonchev–Trinajstić information content (AvgIpc) is 2.33. The fraction of sp³-hybridized carbons (Fsp3) is 0.429. The van der Waals surface area contributed by atoms with E-state index in [1.807, 2.05) is 0 Å². The van der Waals surface area contributed by atoms with E-state index >= 15 is 0 Å². The number of rotatable bonds is 4. The van der Waals surface area contributed by atoms with Gasteiger partial charge in [-0.3, -0.25) is 0 Å². The highest BCUT2D eigenvalue weighted by molar-refractivity contribution is 5.96. The molecule has 1 aliphatic rings. The summed E-state index contributed by atoms with van der Waals surface area (Å²) in [6.45, 7) is 1.52. The third kappa shape index (κ3) is 2.86. The van der Waals surface area contributed by atoms with Crippen LogP contribution in [0, 0.1) is 0 Å². The lowest BCUT2D eigenvalue weighted by molar-refractivity contribution is -0.117. The van der Waals surface area contributed by atoms with E-state index in [-0.39, 0.29) is 28.9 Å². The van der Waals surface area contributed by atoms with Gasteiger partial charge in [-0.05, 0) is 31.9 Å². The second-order valence-electron chi connectivity index (χ2n) is 4.78. The third-order valence-corrected chi connectivity index (χ3v) is 3.23. The van der Waals surface area contributed by atoms with E-state index in [2.05, 4.69) is 0 Å². The first kappa shape index (κ1) is 13.4. The van der Waals surface area contributed by atoms with E-state index in [1.54, 1.807) is 0 Å². The van der Waals surface area contributed by atoms with Gasteiger partial charge in [-0.2, -0.15) is 0 Å². The molecule has 0 spiro atoms. The molecule has 0 aliphatic carbocycles. The molecule has 1 heterocycles. The predicted molar refractivity (Wildman–Crippen MR) is 67.2 cm³/mol. The van der Waals surface area contributed by atoms with Crippen molar-refractivity contribution in [2.45, 2.75) is 38.7 Å². The summed E-state index contributed by atoms with van der Waals surface area (Å²) in [5.41, 5.74) is 0.465. The second-order valence-corrected chi connectivity index (χ2v) is 4.78. The van der Waals surface area contributed by atoms with E-state index < -0.39 is 5.97 Å². The van der Waals surface area contributed by atoms with Crippen molar-refractivity contribution in [3.05, 3.63) is 23.3 Å². The Morgan fingerprint density at radius 3 is 2.74 bits per heavy atom. The summed E-state index contributed by atoms with van der Waals surface area (Å²) in [7, 11) is 0. The van der Waals surface area contributed by atoms with Gasteiger partial charge in [-0.1, -0.05) is 0 Å². The van der Waals surface area contributed by atoms with Crippen LogP contribution in [0.2, 0.25) is 0 Å². The molecule has 1 aromatic rings. The van der Waals surface area contributed by atoms with Crippen molar-refractivity contribution in [3.8, 4) is 11.5 Å². The maximum absolute atomic E-state index is 11.8. The first-order valence-corrected chi connectivity index (χ1v) is 6.23. The summed E-state index contributed by atoms with van der Waals surface area (Å²) in [5, 5.41) is 19.4. The molecule has 0 bridgehead atoms. The van der Waals surface area contributed by atoms with Crippen molar-refractivity contribution in [3.63, 3.8) is 0 Å². The molecule has 5 nitrogen and oxygen atoms in total. The molecule has 19 heavy (non-hydrogen) atoms. The molecule has 0 saturated heterocycles. The standard InChI is InChI=1S/C14H16O5/c1-8(15)3-2-4-9-7-10-11(16)5-6-12(17)13(10)14(18)19-9/h5-6,9,16-17H,2-4,7H2,1H3. The molecule has 2 N–H and O–H groups in total. The summed E-state index contributed by atoms with van der Waals surface area (Å²) in [6, 6.07) is 2.63. The van der Waals surface area contributed by atoms with Crippen molar-refractivity contribution in [1.29, 1.82) is 0 Å². The molecule has 102 valence electrons. The van der Waals surface area contributed by atoms with Crippen LogP contribution in [-0.2, 0) is 16.0 Å². The number of ether oxygens (including phenoxy) is 1. The minimum absolute atomic E-state index is 0.0129.